The van der Waals surface area contributed by atoms with E-state index in [0.717, 1.165) is 28.1 Å². The van der Waals surface area contributed by atoms with Gasteiger partial charge in [-0.25, -0.2) is 4.98 Å². The van der Waals surface area contributed by atoms with Crippen molar-refractivity contribution >= 4 is 29.0 Å². The zero-order chi connectivity index (χ0) is 15.2. The first-order valence-corrected chi connectivity index (χ1v) is 8.57. The summed E-state index contributed by atoms with van der Waals surface area (Å²) in [6.07, 6.45) is 4.57. The van der Waals surface area contributed by atoms with Crippen LogP contribution < -0.4 is 0 Å². The Bertz CT molecular complexity index is 595. The second kappa shape index (κ2) is 7.56. The van der Waals surface area contributed by atoms with Gasteiger partial charge >= 0.3 is 0 Å². The number of hydrogen-bond donors (Lipinski definition) is 0. The highest BCUT2D eigenvalue weighted by Crippen LogP contribution is 2.22. The van der Waals surface area contributed by atoms with Gasteiger partial charge in [0.05, 0.1) is 12.3 Å². The molecule has 2 aromatic heterocycles. The Labute approximate surface area is 132 Å². The van der Waals surface area contributed by atoms with Crippen LogP contribution >= 0.6 is 23.1 Å². The highest BCUT2D eigenvalue weighted by molar-refractivity contribution is 8.01. The zero-order valence-corrected chi connectivity index (χ0v) is 14.1. The van der Waals surface area contributed by atoms with Crippen molar-refractivity contribution in [3.8, 4) is 0 Å². The van der Waals surface area contributed by atoms with Gasteiger partial charge in [-0.05, 0) is 13.3 Å². The molecular weight excluding hydrogens is 306 g/mol. The largest absolute Gasteiger partial charge is 0.337 e. The van der Waals surface area contributed by atoms with E-state index in [1.54, 1.807) is 6.20 Å². The molecule has 0 unspecified atom stereocenters. The summed E-state index contributed by atoms with van der Waals surface area (Å²) < 4.78 is 2.78. The molecule has 0 saturated carbocycles. The fourth-order valence-corrected chi connectivity index (χ4v) is 3.55. The third-order valence-electron chi connectivity index (χ3n) is 2.93. The number of carbonyl (C=O) groups excluding carboxylic acids is 1. The molecule has 0 atom stereocenters. The third-order valence-corrected chi connectivity index (χ3v) is 4.88. The Balaban J connectivity index is 1.93. The van der Waals surface area contributed by atoms with Crippen LogP contribution in [0.25, 0.3) is 0 Å². The third kappa shape index (κ3) is 4.53. The summed E-state index contributed by atoms with van der Waals surface area (Å²) in [5.74, 6) is 1.39. The first kappa shape index (κ1) is 16.0. The molecule has 21 heavy (non-hydrogen) atoms. The fourth-order valence-electron chi connectivity index (χ4n) is 1.83. The Morgan fingerprint density at radius 3 is 2.86 bits per heavy atom. The van der Waals surface area contributed by atoms with Crippen molar-refractivity contribution in [2.45, 2.75) is 31.2 Å². The lowest BCUT2D eigenvalue weighted by Gasteiger charge is -2.21. The standard InChI is InChI=1S/C13H19N5OS2/c1-4-6-18(8-11-14-5-7-17(11)3)12(19)9-20-13-16-15-10(2)21-13/h5,7H,4,6,8-9H2,1-3H3. The number of rotatable bonds is 7. The van der Waals surface area contributed by atoms with Crippen molar-refractivity contribution in [2.75, 3.05) is 12.3 Å². The Morgan fingerprint density at radius 2 is 2.29 bits per heavy atom. The van der Waals surface area contributed by atoms with Gasteiger partial charge in [-0.1, -0.05) is 30.0 Å². The van der Waals surface area contributed by atoms with Crippen molar-refractivity contribution in [3.05, 3.63) is 23.2 Å². The lowest BCUT2D eigenvalue weighted by atomic mass is 10.4. The fraction of sp³-hybridized carbons (Fsp3) is 0.538. The first-order valence-electron chi connectivity index (χ1n) is 6.77. The molecule has 0 aromatic carbocycles. The average molecular weight is 325 g/mol. The number of nitrogens with zero attached hydrogens (tertiary/aromatic N) is 5. The number of thioether (sulfide) groups is 1. The van der Waals surface area contributed by atoms with Crippen LogP contribution in [-0.4, -0.2) is 42.9 Å². The molecule has 2 aromatic rings. The minimum atomic E-state index is 0.109. The van der Waals surface area contributed by atoms with Crippen LogP contribution in [0, 0.1) is 6.92 Å². The van der Waals surface area contributed by atoms with Gasteiger partial charge in [0.2, 0.25) is 5.91 Å². The monoisotopic (exact) mass is 325 g/mol. The minimum Gasteiger partial charge on any atom is -0.337 e. The van der Waals surface area contributed by atoms with Crippen molar-refractivity contribution in [1.82, 2.24) is 24.6 Å². The molecule has 8 heteroatoms. The smallest absolute Gasteiger partial charge is 0.233 e. The van der Waals surface area contributed by atoms with Gasteiger partial charge in [0.1, 0.15) is 10.8 Å². The van der Waals surface area contributed by atoms with Crippen molar-refractivity contribution in [3.63, 3.8) is 0 Å². The van der Waals surface area contributed by atoms with Gasteiger partial charge in [0.15, 0.2) is 4.34 Å². The molecule has 0 bridgehead atoms. The van der Waals surface area contributed by atoms with E-state index in [2.05, 4.69) is 22.1 Å². The summed E-state index contributed by atoms with van der Waals surface area (Å²) in [4.78, 5) is 18.5. The van der Waals surface area contributed by atoms with E-state index in [1.807, 2.05) is 29.6 Å². The molecule has 0 aliphatic rings. The van der Waals surface area contributed by atoms with Crippen LogP contribution in [0.1, 0.15) is 24.2 Å². The minimum absolute atomic E-state index is 0.109. The van der Waals surface area contributed by atoms with Crippen LogP contribution in [0.4, 0.5) is 0 Å². The molecule has 2 rings (SSSR count). The van der Waals surface area contributed by atoms with Gasteiger partial charge in [0.25, 0.3) is 0 Å². The van der Waals surface area contributed by atoms with Crippen LogP contribution in [0.15, 0.2) is 16.7 Å². The molecule has 2 heterocycles. The second-order valence-electron chi connectivity index (χ2n) is 4.65. The van der Waals surface area contributed by atoms with E-state index in [1.165, 1.54) is 23.1 Å². The van der Waals surface area contributed by atoms with Gasteiger partial charge in [-0.3, -0.25) is 4.79 Å². The highest BCUT2D eigenvalue weighted by Gasteiger charge is 2.16. The van der Waals surface area contributed by atoms with Crippen molar-refractivity contribution in [1.29, 1.82) is 0 Å². The molecule has 0 fully saturated rings. The number of aryl methyl sites for hydroxylation is 2. The van der Waals surface area contributed by atoms with Gasteiger partial charge in [-0.2, -0.15) is 0 Å². The zero-order valence-electron chi connectivity index (χ0n) is 12.4. The first-order chi connectivity index (χ1) is 10.1. The maximum atomic E-state index is 12.4. The normalized spacial score (nSPS) is 10.8. The summed E-state index contributed by atoms with van der Waals surface area (Å²) >= 11 is 2.96. The number of amides is 1. The number of imidazole rings is 1. The summed E-state index contributed by atoms with van der Waals surface area (Å²) in [5, 5.41) is 8.90. The van der Waals surface area contributed by atoms with E-state index in [9.17, 15) is 4.79 Å². The number of hydrogen-bond acceptors (Lipinski definition) is 6. The molecule has 0 radical (unpaired) electrons. The van der Waals surface area contributed by atoms with Crippen LogP contribution in [0.5, 0.6) is 0 Å². The quantitative estimate of drug-likeness (QED) is 0.730. The van der Waals surface area contributed by atoms with Crippen molar-refractivity contribution < 1.29 is 4.79 Å². The topological polar surface area (TPSA) is 63.9 Å². The second-order valence-corrected chi connectivity index (χ2v) is 7.05. The van der Waals surface area contributed by atoms with Crippen LogP contribution in [0.2, 0.25) is 0 Å². The van der Waals surface area contributed by atoms with E-state index < -0.39 is 0 Å². The van der Waals surface area contributed by atoms with Gasteiger partial charge in [-0.15, -0.1) is 10.2 Å². The maximum absolute atomic E-state index is 12.4. The molecule has 0 saturated heterocycles. The van der Waals surface area contributed by atoms with Crippen LogP contribution in [-0.2, 0) is 18.4 Å². The Hall–Kier alpha value is -1.41. The molecule has 0 N–H and O–H groups in total. The molecule has 6 nitrogen and oxygen atoms in total. The van der Waals surface area contributed by atoms with Gasteiger partial charge < -0.3 is 9.47 Å². The number of carbonyl (C=O) groups is 1. The SMILES string of the molecule is CCCN(Cc1nccn1C)C(=O)CSc1nnc(C)s1. The van der Waals surface area contributed by atoms with E-state index in [0.29, 0.717) is 12.3 Å². The molecule has 0 aliphatic heterocycles. The maximum Gasteiger partial charge on any atom is 0.233 e. The van der Waals surface area contributed by atoms with E-state index in [-0.39, 0.29) is 5.91 Å². The Morgan fingerprint density at radius 1 is 1.48 bits per heavy atom. The summed E-state index contributed by atoms with van der Waals surface area (Å²) in [6.45, 7) is 5.27. The highest BCUT2D eigenvalue weighted by atomic mass is 32.2. The van der Waals surface area contributed by atoms with Crippen LogP contribution in [0.3, 0.4) is 0 Å². The van der Waals surface area contributed by atoms with Crippen molar-refractivity contribution in [2.24, 2.45) is 7.05 Å². The Kier molecular flexibility index (Phi) is 5.75. The molecule has 114 valence electrons. The summed E-state index contributed by atoms with van der Waals surface area (Å²) in [6, 6.07) is 0. The van der Waals surface area contributed by atoms with Gasteiger partial charge in [0, 0.05) is 26.0 Å². The molecule has 0 spiro atoms. The average Bonchev–Trinajstić information content (AvgIpc) is 3.05. The molecule has 1 amide bonds. The number of aromatic nitrogens is 4. The predicted octanol–water partition coefficient (Wildman–Crippen LogP) is 2.11. The summed E-state index contributed by atoms with van der Waals surface area (Å²) in [5.41, 5.74) is 0. The van der Waals surface area contributed by atoms with E-state index >= 15 is 0 Å². The predicted molar refractivity (Wildman–Crippen MR) is 84.3 cm³/mol. The lowest BCUT2D eigenvalue weighted by Crippen LogP contribution is -2.33. The summed E-state index contributed by atoms with van der Waals surface area (Å²) in [7, 11) is 1.94. The molecule has 0 aliphatic carbocycles. The van der Waals surface area contributed by atoms with E-state index in [4.69, 9.17) is 0 Å². The lowest BCUT2D eigenvalue weighted by molar-refractivity contribution is -0.129. The molecular formula is C13H19N5OS2.